The zero-order chi connectivity index (χ0) is 23.7. The number of hydrogen-bond acceptors (Lipinski definition) is 3. The Morgan fingerprint density at radius 1 is 0.824 bits per heavy atom. The predicted molar refractivity (Wildman–Crippen MR) is 133 cm³/mol. The van der Waals surface area contributed by atoms with E-state index in [9.17, 15) is 4.79 Å². The number of methoxy groups -OCH3 is 1. The van der Waals surface area contributed by atoms with Gasteiger partial charge in [-0.1, -0.05) is 91.0 Å². The van der Waals surface area contributed by atoms with Crippen LogP contribution in [0.1, 0.15) is 27.0 Å². The number of carbonyl (C=O) groups is 1. The van der Waals surface area contributed by atoms with Crippen LogP contribution in [0.5, 0.6) is 0 Å². The molecule has 0 aliphatic carbocycles. The molecule has 0 spiro atoms. The van der Waals surface area contributed by atoms with Crippen LogP contribution in [0, 0.1) is 5.82 Å². The minimum absolute atomic E-state index is 0.139. The molecule has 0 amide bonds. The van der Waals surface area contributed by atoms with Crippen molar-refractivity contribution in [3.8, 4) is 0 Å². The monoisotopic (exact) mass is 514 g/mol. The van der Waals surface area contributed by atoms with Crippen molar-refractivity contribution in [2.45, 2.75) is 5.54 Å². The summed E-state index contributed by atoms with van der Waals surface area (Å²) >= 11 is 3.46. The van der Waals surface area contributed by atoms with E-state index in [0.717, 1.165) is 16.7 Å². The van der Waals surface area contributed by atoms with E-state index >= 15 is 4.39 Å². The molecule has 0 bridgehead atoms. The summed E-state index contributed by atoms with van der Waals surface area (Å²) in [6, 6.07) is 33.2. The molecule has 34 heavy (non-hydrogen) atoms. The maximum absolute atomic E-state index is 15.6. The highest BCUT2D eigenvalue weighted by Crippen LogP contribution is 2.43. The first kappa shape index (κ1) is 22.0. The molecule has 4 nitrogen and oxygen atoms in total. The first-order valence-electron chi connectivity index (χ1n) is 10.7. The molecule has 0 atom stereocenters. The topological polar surface area (TPSA) is 44.1 Å². The fourth-order valence-corrected chi connectivity index (χ4v) is 5.09. The van der Waals surface area contributed by atoms with Crippen molar-refractivity contribution in [1.82, 2.24) is 9.78 Å². The second-order valence-electron chi connectivity index (χ2n) is 7.82. The quantitative estimate of drug-likeness (QED) is 0.197. The van der Waals surface area contributed by atoms with E-state index < -0.39 is 17.3 Å². The predicted octanol–water partition coefficient (Wildman–Crippen LogP) is 6.56. The largest absolute Gasteiger partial charge is 0.465 e. The molecular weight excluding hydrogens is 495 g/mol. The number of ether oxygens (including phenoxy) is 1. The highest BCUT2D eigenvalue weighted by molar-refractivity contribution is 9.10. The SMILES string of the molecule is COC(=O)c1ccc2c(c(Br)nn2C(c2ccccc2)(c2ccccc2)c2ccccc2)c1F. The summed E-state index contributed by atoms with van der Waals surface area (Å²) < 4.78 is 22.5. The second kappa shape index (κ2) is 8.88. The van der Waals surface area contributed by atoms with E-state index in [1.54, 1.807) is 6.07 Å². The summed E-state index contributed by atoms with van der Waals surface area (Å²) in [5, 5.41) is 5.04. The van der Waals surface area contributed by atoms with Gasteiger partial charge >= 0.3 is 5.97 Å². The minimum atomic E-state index is -0.909. The molecule has 5 aromatic rings. The summed E-state index contributed by atoms with van der Waals surface area (Å²) in [4.78, 5) is 12.2. The molecule has 0 saturated heterocycles. The van der Waals surface area contributed by atoms with E-state index in [2.05, 4.69) is 15.9 Å². The van der Waals surface area contributed by atoms with Crippen LogP contribution in [0.3, 0.4) is 0 Å². The Morgan fingerprint density at radius 3 is 1.74 bits per heavy atom. The van der Waals surface area contributed by atoms with E-state index in [1.165, 1.54) is 13.2 Å². The van der Waals surface area contributed by atoms with E-state index in [-0.39, 0.29) is 10.9 Å². The van der Waals surface area contributed by atoms with Crippen LogP contribution >= 0.6 is 15.9 Å². The normalized spacial score (nSPS) is 11.5. The van der Waals surface area contributed by atoms with Gasteiger partial charge in [-0.15, -0.1) is 0 Å². The lowest BCUT2D eigenvalue weighted by Crippen LogP contribution is -2.38. The van der Waals surface area contributed by atoms with Crippen molar-refractivity contribution in [3.05, 3.63) is 136 Å². The Balaban J connectivity index is 1.95. The fraction of sp³-hybridized carbons (Fsp3) is 0.0714. The van der Waals surface area contributed by atoms with Crippen molar-refractivity contribution >= 4 is 32.8 Å². The van der Waals surface area contributed by atoms with Crippen LogP contribution in [-0.2, 0) is 10.3 Å². The van der Waals surface area contributed by atoms with E-state index in [4.69, 9.17) is 9.84 Å². The average molecular weight is 515 g/mol. The molecule has 6 heteroatoms. The fourth-order valence-electron chi connectivity index (χ4n) is 4.56. The van der Waals surface area contributed by atoms with Crippen molar-refractivity contribution in [2.24, 2.45) is 0 Å². The molecule has 4 aromatic carbocycles. The van der Waals surface area contributed by atoms with Crippen LogP contribution < -0.4 is 0 Å². The Hall–Kier alpha value is -3.77. The number of fused-ring (bicyclic) bond motifs is 1. The van der Waals surface area contributed by atoms with Gasteiger partial charge in [0, 0.05) is 0 Å². The van der Waals surface area contributed by atoms with Gasteiger partial charge in [0.25, 0.3) is 0 Å². The Morgan fingerprint density at radius 2 is 1.29 bits per heavy atom. The van der Waals surface area contributed by atoms with Gasteiger partial charge in [-0.25, -0.2) is 13.9 Å². The summed E-state index contributed by atoms with van der Waals surface area (Å²) in [5.41, 5.74) is 2.37. The van der Waals surface area contributed by atoms with Crippen LogP contribution in [0.25, 0.3) is 10.9 Å². The lowest BCUT2D eigenvalue weighted by atomic mass is 9.77. The maximum atomic E-state index is 15.6. The number of benzene rings is 4. The van der Waals surface area contributed by atoms with Crippen LogP contribution in [-0.4, -0.2) is 22.9 Å². The number of aromatic nitrogens is 2. The molecule has 0 aliphatic rings. The summed E-state index contributed by atoms with van der Waals surface area (Å²) in [6.07, 6.45) is 0. The van der Waals surface area contributed by atoms with Gasteiger partial charge in [-0.2, -0.15) is 5.10 Å². The van der Waals surface area contributed by atoms with Gasteiger partial charge in [-0.3, -0.25) is 0 Å². The molecule has 0 unspecified atom stereocenters. The van der Waals surface area contributed by atoms with Gasteiger partial charge in [-0.05, 0) is 44.8 Å². The molecule has 0 aliphatic heterocycles. The van der Waals surface area contributed by atoms with Gasteiger partial charge in [0.2, 0.25) is 0 Å². The molecule has 0 saturated carbocycles. The zero-order valence-corrected chi connectivity index (χ0v) is 19.9. The summed E-state index contributed by atoms with van der Waals surface area (Å²) in [6.45, 7) is 0. The second-order valence-corrected chi connectivity index (χ2v) is 8.58. The van der Waals surface area contributed by atoms with Crippen molar-refractivity contribution in [3.63, 3.8) is 0 Å². The minimum Gasteiger partial charge on any atom is -0.465 e. The van der Waals surface area contributed by atoms with Crippen LogP contribution in [0.2, 0.25) is 0 Å². The number of hydrogen-bond donors (Lipinski definition) is 0. The number of carbonyl (C=O) groups excluding carboxylic acids is 1. The highest BCUT2D eigenvalue weighted by atomic mass is 79.9. The molecule has 5 rings (SSSR count). The maximum Gasteiger partial charge on any atom is 0.340 e. The lowest BCUT2D eigenvalue weighted by molar-refractivity contribution is 0.0596. The highest BCUT2D eigenvalue weighted by Gasteiger charge is 2.41. The van der Waals surface area contributed by atoms with Crippen molar-refractivity contribution in [1.29, 1.82) is 0 Å². The third-order valence-electron chi connectivity index (χ3n) is 6.04. The molecule has 0 N–H and O–H groups in total. The number of esters is 1. The first-order chi connectivity index (χ1) is 16.6. The zero-order valence-electron chi connectivity index (χ0n) is 18.3. The van der Waals surface area contributed by atoms with E-state index in [0.29, 0.717) is 10.1 Å². The van der Waals surface area contributed by atoms with Gasteiger partial charge in [0.1, 0.15) is 16.0 Å². The van der Waals surface area contributed by atoms with Crippen molar-refractivity contribution in [2.75, 3.05) is 7.11 Å². The first-order valence-corrected chi connectivity index (χ1v) is 11.5. The summed E-state index contributed by atoms with van der Waals surface area (Å²) in [5.74, 6) is -1.41. The molecule has 168 valence electrons. The summed E-state index contributed by atoms with van der Waals surface area (Å²) in [7, 11) is 1.23. The van der Waals surface area contributed by atoms with Gasteiger partial charge < -0.3 is 4.74 Å². The molecular formula is C28H20BrFN2O2. The van der Waals surface area contributed by atoms with E-state index in [1.807, 2.05) is 95.7 Å². The van der Waals surface area contributed by atoms with Gasteiger partial charge in [0.05, 0.1) is 23.6 Å². The molecule has 1 heterocycles. The van der Waals surface area contributed by atoms with Gasteiger partial charge in [0.15, 0.2) is 0 Å². The number of rotatable bonds is 5. The molecule has 1 aromatic heterocycles. The molecule has 0 radical (unpaired) electrons. The Bertz CT molecular complexity index is 1370. The molecule has 0 fully saturated rings. The third kappa shape index (κ3) is 3.33. The Kier molecular flexibility index (Phi) is 5.75. The van der Waals surface area contributed by atoms with Crippen molar-refractivity contribution < 1.29 is 13.9 Å². The third-order valence-corrected chi connectivity index (χ3v) is 6.60. The van der Waals surface area contributed by atoms with Crippen LogP contribution in [0.15, 0.2) is 108 Å². The number of halogens is 2. The lowest BCUT2D eigenvalue weighted by Gasteiger charge is -2.37. The number of nitrogens with zero attached hydrogens (tertiary/aromatic N) is 2. The Labute approximate surface area is 204 Å². The average Bonchev–Trinajstić information content (AvgIpc) is 3.23. The van der Waals surface area contributed by atoms with Crippen LogP contribution in [0.4, 0.5) is 4.39 Å². The smallest absolute Gasteiger partial charge is 0.340 e. The standard InChI is InChI=1S/C28H20BrFN2O2/c1-34-27(33)22-17-18-23-24(25(22)30)26(29)31-32(23)28(19-11-5-2-6-12-19,20-13-7-3-8-14-20)21-15-9-4-10-16-21/h2-18H,1H3.